The number of likely N-dealkylation sites (tertiary alicyclic amines) is 1. The first-order valence-corrected chi connectivity index (χ1v) is 12.6. The number of amides is 1. The summed E-state index contributed by atoms with van der Waals surface area (Å²) in [6, 6.07) is 7.00. The van der Waals surface area contributed by atoms with Gasteiger partial charge in [0.15, 0.2) is 11.6 Å². The average molecular weight is 527 g/mol. The minimum absolute atomic E-state index is 0.0529. The molecule has 1 aliphatic carbocycles. The third-order valence-electron chi connectivity index (χ3n) is 7.50. The minimum atomic E-state index is -1.37. The van der Waals surface area contributed by atoms with Crippen molar-refractivity contribution in [2.24, 2.45) is 0 Å². The summed E-state index contributed by atoms with van der Waals surface area (Å²) in [7, 11) is 0. The maximum atomic E-state index is 15.1. The number of nitrogens with zero attached hydrogens (tertiary/aromatic N) is 5. The van der Waals surface area contributed by atoms with Crippen molar-refractivity contribution < 1.29 is 18.3 Å². The van der Waals surface area contributed by atoms with Gasteiger partial charge >= 0.3 is 0 Å². The summed E-state index contributed by atoms with van der Waals surface area (Å²) >= 11 is 6.21. The maximum Gasteiger partial charge on any atom is 0.246 e. The molecule has 1 N–H and O–H groups in total. The molecule has 3 aliphatic rings. The van der Waals surface area contributed by atoms with E-state index in [0.717, 1.165) is 18.7 Å². The standard InChI is InChI=1S/C26H25ClF2N6O2/c1-2-21(36)35-12-15-10-16(35)11-34(15)20-7-5-18-24(33-20)25(31-14-30-18)32-17-4-6-19(22(27)23(17)28)37-13-26(29)8-3-9-26/h2,4-7,14-16H,1,3,8-13H2,(H,30,31,32)/t15-,16-/m0/s1. The molecule has 0 spiro atoms. The third-order valence-corrected chi connectivity index (χ3v) is 7.85. The molecule has 0 radical (unpaired) electrons. The average Bonchev–Trinajstić information content (AvgIpc) is 3.51. The van der Waals surface area contributed by atoms with Gasteiger partial charge in [-0.05, 0) is 56.0 Å². The predicted molar refractivity (Wildman–Crippen MR) is 137 cm³/mol. The van der Waals surface area contributed by atoms with Crippen LogP contribution in [0.2, 0.25) is 5.02 Å². The molecule has 11 heteroatoms. The van der Waals surface area contributed by atoms with Gasteiger partial charge in [-0.3, -0.25) is 4.79 Å². The number of piperazine rings is 1. The number of pyridine rings is 1. The number of halogens is 3. The molecule has 6 rings (SSSR count). The van der Waals surface area contributed by atoms with Crippen LogP contribution in [-0.2, 0) is 4.79 Å². The van der Waals surface area contributed by atoms with Crippen molar-refractivity contribution in [3.8, 4) is 5.75 Å². The highest BCUT2D eigenvalue weighted by Crippen LogP contribution is 2.39. The first kappa shape index (κ1) is 23.8. The second kappa shape index (κ2) is 9.09. The monoisotopic (exact) mass is 526 g/mol. The highest BCUT2D eigenvalue weighted by atomic mass is 35.5. The van der Waals surface area contributed by atoms with E-state index in [1.165, 1.54) is 24.5 Å². The molecular weight excluding hydrogens is 502 g/mol. The zero-order chi connectivity index (χ0) is 25.7. The van der Waals surface area contributed by atoms with Crippen LogP contribution in [0.1, 0.15) is 25.7 Å². The Morgan fingerprint density at radius 1 is 1.24 bits per heavy atom. The van der Waals surface area contributed by atoms with E-state index in [1.807, 2.05) is 17.0 Å². The molecule has 2 atom stereocenters. The van der Waals surface area contributed by atoms with E-state index in [4.69, 9.17) is 21.3 Å². The van der Waals surface area contributed by atoms with Gasteiger partial charge in [0.1, 0.15) is 40.7 Å². The lowest BCUT2D eigenvalue weighted by Crippen LogP contribution is -2.48. The fourth-order valence-corrected chi connectivity index (χ4v) is 5.51. The highest BCUT2D eigenvalue weighted by Gasteiger charge is 2.45. The first-order chi connectivity index (χ1) is 17.8. The smallest absolute Gasteiger partial charge is 0.246 e. The summed E-state index contributed by atoms with van der Waals surface area (Å²) in [4.78, 5) is 29.5. The number of anilines is 3. The lowest BCUT2D eigenvalue weighted by molar-refractivity contribution is -0.127. The molecule has 192 valence electrons. The molecule has 3 aromatic rings. The fraction of sp³-hybridized carbons (Fsp3) is 0.385. The van der Waals surface area contributed by atoms with Crippen LogP contribution in [0.25, 0.3) is 11.0 Å². The van der Waals surface area contributed by atoms with Gasteiger partial charge < -0.3 is 19.9 Å². The minimum Gasteiger partial charge on any atom is -0.489 e. The Labute approximate surface area is 217 Å². The van der Waals surface area contributed by atoms with Crippen LogP contribution in [0.3, 0.4) is 0 Å². The Morgan fingerprint density at radius 2 is 2.08 bits per heavy atom. The molecule has 2 aliphatic heterocycles. The van der Waals surface area contributed by atoms with E-state index in [0.29, 0.717) is 42.8 Å². The quantitative estimate of drug-likeness (QED) is 0.442. The SMILES string of the molecule is C=CC(=O)N1C[C@@H]2C[C@H]1CN2c1ccc2ncnc(Nc3ccc(OCC4(F)CCC4)c(Cl)c3F)c2n1. The number of alkyl halides is 1. The van der Waals surface area contributed by atoms with Crippen molar-refractivity contribution in [2.45, 2.75) is 43.4 Å². The van der Waals surface area contributed by atoms with Crippen LogP contribution < -0.4 is 15.0 Å². The zero-order valence-corrected chi connectivity index (χ0v) is 20.7. The van der Waals surface area contributed by atoms with Gasteiger partial charge in [0.25, 0.3) is 0 Å². The van der Waals surface area contributed by atoms with Gasteiger partial charge in [-0.25, -0.2) is 23.7 Å². The summed E-state index contributed by atoms with van der Waals surface area (Å²) < 4.78 is 34.9. The second-order valence-electron chi connectivity index (χ2n) is 9.81. The zero-order valence-electron chi connectivity index (χ0n) is 20.0. The van der Waals surface area contributed by atoms with E-state index in [-0.39, 0.29) is 41.1 Å². The Hall–Kier alpha value is -3.53. The van der Waals surface area contributed by atoms with Gasteiger partial charge in [-0.1, -0.05) is 18.2 Å². The Kier molecular flexibility index (Phi) is 5.86. The van der Waals surface area contributed by atoms with E-state index in [1.54, 1.807) is 0 Å². The van der Waals surface area contributed by atoms with Crippen LogP contribution >= 0.6 is 11.6 Å². The molecule has 8 nitrogen and oxygen atoms in total. The summed E-state index contributed by atoms with van der Waals surface area (Å²) in [5.74, 6) is 0.368. The number of aromatic nitrogens is 3. The molecule has 3 fully saturated rings. The topological polar surface area (TPSA) is 83.5 Å². The first-order valence-electron chi connectivity index (χ1n) is 12.2. The summed E-state index contributed by atoms with van der Waals surface area (Å²) in [5.41, 5.74) is -0.216. The molecule has 0 unspecified atom stereocenters. The van der Waals surface area contributed by atoms with E-state index < -0.39 is 11.5 Å². The summed E-state index contributed by atoms with van der Waals surface area (Å²) in [6.45, 7) is 4.73. The normalized spacial score (nSPS) is 21.7. The van der Waals surface area contributed by atoms with E-state index in [2.05, 4.69) is 26.8 Å². The van der Waals surface area contributed by atoms with Gasteiger partial charge in [-0.15, -0.1) is 0 Å². The van der Waals surface area contributed by atoms with Crippen molar-refractivity contribution in [1.29, 1.82) is 0 Å². The third kappa shape index (κ3) is 4.22. The van der Waals surface area contributed by atoms with Crippen LogP contribution in [0, 0.1) is 5.82 Å². The molecule has 2 saturated heterocycles. The van der Waals surface area contributed by atoms with Gasteiger partial charge in [0.05, 0.1) is 23.3 Å². The lowest BCUT2D eigenvalue weighted by Gasteiger charge is -2.34. The van der Waals surface area contributed by atoms with Gasteiger partial charge in [-0.2, -0.15) is 0 Å². The van der Waals surface area contributed by atoms with Gasteiger partial charge in [0.2, 0.25) is 5.91 Å². The molecule has 2 bridgehead atoms. The fourth-order valence-electron chi connectivity index (χ4n) is 5.30. The summed E-state index contributed by atoms with van der Waals surface area (Å²) in [6.07, 6.45) is 5.29. The predicted octanol–water partition coefficient (Wildman–Crippen LogP) is 4.81. The number of carbonyl (C=O) groups is 1. The number of hydrogen-bond donors (Lipinski definition) is 1. The Morgan fingerprint density at radius 3 is 2.78 bits per heavy atom. The molecule has 37 heavy (non-hydrogen) atoms. The Balaban J connectivity index is 1.23. The maximum absolute atomic E-state index is 15.1. The van der Waals surface area contributed by atoms with Crippen LogP contribution in [0.5, 0.6) is 5.75 Å². The largest absolute Gasteiger partial charge is 0.489 e. The molecule has 2 aromatic heterocycles. The van der Waals surface area contributed by atoms with Gasteiger partial charge in [0, 0.05) is 13.1 Å². The Bertz CT molecular complexity index is 1400. The van der Waals surface area contributed by atoms with E-state index in [9.17, 15) is 9.18 Å². The number of rotatable bonds is 7. The van der Waals surface area contributed by atoms with Crippen molar-refractivity contribution in [3.05, 3.63) is 54.1 Å². The van der Waals surface area contributed by atoms with Crippen molar-refractivity contribution in [2.75, 3.05) is 29.9 Å². The van der Waals surface area contributed by atoms with Crippen LogP contribution in [0.4, 0.5) is 26.1 Å². The van der Waals surface area contributed by atoms with Crippen molar-refractivity contribution in [1.82, 2.24) is 19.9 Å². The van der Waals surface area contributed by atoms with Crippen LogP contribution in [0.15, 0.2) is 43.2 Å². The number of ether oxygens (including phenoxy) is 1. The number of hydrogen-bond acceptors (Lipinski definition) is 7. The number of fused-ring (bicyclic) bond motifs is 3. The van der Waals surface area contributed by atoms with Crippen molar-refractivity contribution in [3.63, 3.8) is 0 Å². The summed E-state index contributed by atoms with van der Waals surface area (Å²) in [5, 5.41) is 2.74. The lowest BCUT2D eigenvalue weighted by atomic mass is 9.83. The molecule has 1 amide bonds. The highest BCUT2D eigenvalue weighted by molar-refractivity contribution is 6.32. The molecule has 4 heterocycles. The molecular formula is C26H25ClF2N6O2. The van der Waals surface area contributed by atoms with Crippen molar-refractivity contribution >= 4 is 45.9 Å². The molecule has 1 aromatic carbocycles. The second-order valence-corrected chi connectivity index (χ2v) is 10.2. The van der Waals surface area contributed by atoms with E-state index >= 15 is 4.39 Å². The number of benzene rings is 1. The number of nitrogens with one attached hydrogen (secondary N) is 1. The number of carbonyl (C=O) groups excluding carboxylic acids is 1. The van der Waals surface area contributed by atoms with Crippen LogP contribution in [-0.4, -0.2) is 63.2 Å². The molecule has 1 saturated carbocycles.